The summed E-state index contributed by atoms with van der Waals surface area (Å²) in [6.07, 6.45) is 2.05. The number of hydrogen-bond donors (Lipinski definition) is 1. The minimum atomic E-state index is 0.548. The van der Waals surface area contributed by atoms with Gasteiger partial charge in [-0.25, -0.2) is 0 Å². The van der Waals surface area contributed by atoms with Crippen molar-refractivity contribution in [3.05, 3.63) is 64.1 Å². The third kappa shape index (κ3) is 4.37. The molecule has 0 spiro atoms. The molecule has 0 unspecified atom stereocenters. The van der Waals surface area contributed by atoms with Crippen molar-refractivity contribution >= 4 is 15.9 Å². The van der Waals surface area contributed by atoms with Crippen LogP contribution in [0.2, 0.25) is 0 Å². The summed E-state index contributed by atoms with van der Waals surface area (Å²) in [5.41, 5.74) is 8.04. The maximum Gasteiger partial charge on any atom is 0.133 e. The van der Waals surface area contributed by atoms with Gasteiger partial charge in [0.15, 0.2) is 0 Å². The van der Waals surface area contributed by atoms with Crippen molar-refractivity contribution in [2.24, 2.45) is 5.73 Å². The van der Waals surface area contributed by atoms with Gasteiger partial charge in [-0.3, -0.25) is 0 Å². The van der Waals surface area contributed by atoms with Gasteiger partial charge in [-0.15, -0.1) is 0 Å². The van der Waals surface area contributed by atoms with E-state index in [9.17, 15) is 0 Å². The van der Waals surface area contributed by atoms with Gasteiger partial charge in [0, 0.05) is 6.54 Å². The van der Waals surface area contributed by atoms with E-state index in [-0.39, 0.29) is 0 Å². The molecule has 19 heavy (non-hydrogen) atoms. The third-order valence-electron chi connectivity index (χ3n) is 2.94. The summed E-state index contributed by atoms with van der Waals surface area (Å²) in [5, 5.41) is 0. The fourth-order valence-electron chi connectivity index (χ4n) is 1.89. The summed E-state index contributed by atoms with van der Waals surface area (Å²) in [4.78, 5) is 0. The lowest BCUT2D eigenvalue weighted by Gasteiger charge is -2.09. The van der Waals surface area contributed by atoms with E-state index in [4.69, 9.17) is 10.5 Å². The molecule has 3 heteroatoms. The van der Waals surface area contributed by atoms with Crippen LogP contribution in [0.25, 0.3) is 0 Å². The summed E-state index contributed by atoms with van der Waals surface area (Å²) in [6.45, 7) is 1.27. The Morgan fingerprint density at radius 1 is 1.00 bits per heavy atom. The number of ether oxygens (including phenoxy) is 1. The standard InChI is InChI=1S/C16H18BrNO/c17-15-11-14(12-18)8-9-16(15)19-10-4-7-13-5-2-1-3-6-13/h1-3,5-6,8-9,11H,4,7,10,12,18H2. The molecule has 2 N–H and O–H groups in total. The highest BCUT2D eigenvalue weighted by Crippen LogP contribution is 2.26. The van der Waals surface area contributed by atoms with Crippen LogP contribution in [0.5, 0.6) is 5.75 Å². The summed E-state index contributed by atoms with van der Waals surface area (Å²) in [5.74, 6) is 0.880. The van der Waals surface area contributed by atoms with Gasteiger partial charge < -0.3 is 10.5 Å². The van der Waals surface area contributed by atoms with Crippen molar-refractivity contribution in [1.82, 2.24) is 0 Å². The molecule has 0 heterocycles. The second-order valence-electron chi connectivity index (χ2n) is 4.41. The molecule has 0 aliphatic heterocycles. The van der Waals surface area contributed by atoms with Crippen LogP contribution in [0.3, 0.4) is 0 Å². The molecule has 0 aliphatic rings. The quantitative estimate of drug-likeness (QED) is 0.819. The van der Waals surface area contributed by atoms with Crippen LogP contribution in [-0.2, 0) is 13.0 Å². The SMILES string of the molecule is NCc1ccc(OCCCc2ccccc2)c(Br)c1. The molecule has 0 radical (unpaired) electrons. The maximum absolute atomic E-state index is 5.77. The summed E-state index contributed by atoms with van der Waals surface area (Å²) < 4.78 is 6.74. The average molecular weight is 320 g/mol. The van der Waals surface area contributed by atoms with E-state index in [0.717, 1.165) is 35.2 Å². The van der Waals surface area contributed by atoms with E-state index >= 15 is 0 Å². The zero-order chi connectivity index (χ0) is 13.5. The zero-order valence-electron chi connectivity index (χ0n) is 10.8. The van der Waals surface area contributed by atoms with Gasteiger partial charge in [-0.2, -0.15) is 0 Å². The molecule has 0 fully saturated rings. The second kappa shape index (κ2) is 7.31. The van der Waals surface area contributed by atoms with Crippen LogP contribution in [0.15, 0.2) is 53.0 Å². The normalized spacial score (nSPS) is 10.4. The smallest absolute Gasteiger partial charge is 0.133 e. The number of halogens is 1. The lowest BCUT2D eigenvalue weighted by molar-refractivity contribution is 0.309. The Labute approximate surface area is 122 Å². The highest BCUT2D eigenvalue weighted by molar-refractivity contribution is 9.10. The van der Waals surface area contributed by atoms with Crippen molar-refractivity contribution < 1.29 is 4.74 Å². The molecule has 0 bridgehead atoms. The van der Waals surface area contributed by atoms with E-state index < -0.39 is 0 Å². The number of aryl methyl sites for hydroxylation is 1. The summed E-state index contributed by atoms with van der Waals surface area (Å²) in [7, 11) is 0. The molecule has 0 saturated carbocycles. The zero-order valence-corrected chi connectivity index (χ0v) is 12.4. The molecular formula is C16H18BrNO. The molecule has 0 atom stereocenters. The minimum absolute atomic E-state index is 0.548. The van der Waals surface area contributed by atoms with Crippen LogP contribution in [0.1, 0.15) is 17.5 Å². The Hall–Kier alpha value is -1.32. The number of nitrogens with two attached hydrogens (primary N) is 1. The van der Waals surface area contributed by atoms with Gasteiger partial charge in [0.25, 0.3) is 0 Å². The van der Waals surface area contributed by atoms with Gasteiger partial charge in [-0.05, 0) is 52.0 Å². The fourth-order valence-corrected chi connectivity index (χ4v) is 2.43. The molecule has 2 nitrogen and oxygen atoms in total. The Morgan fingerprint density at radius 2 is 1.79 bits per heavy atom. The van der Waals surface area contributed by atoms with Gasteiger partial charge in [0.2, 0.25) is 0 Å². The minimum Gasteiger partial charge on any atom is -0.492 e. The first-order chi connectivity index (χ1) is 9.29. The van der Waals surface area contributed by atoms with Crippen molar-refractivity contribution in [3.8, 4) is 5.75 Å². The maximum atomic E-state index is 5.77. The van der Waals surface area contributed by atoms with Gasteiger partial charge >= 0.3 is 0 Å². The van der Waals surface area contributed by atoms with Crippen LogP contribution >= 0.6 is 15.9 Å². The van der Waals surface area contributed by atoms with E-state index in [1.165, 1.54) is 5.56 Å². The first kappa shape index (κ1) is 14.1. The Bertz CT molecular complexity index is 513. The highest BCUT2D eigenvalue weighted by atomic mass is 79.9. The Kier molecular flexibility index (Phi) is 5.43. The van der Waals surface area contributed by atoms with E-state index in [1.54, 1.807) is 0 Å². The first-order valence-electron chi connectivity index (χ1n) is 6.45. The first-order valence-corrected chi connectivity index (χ1v) is 7.24. The molecular weight excluding hydrogens is 302 g/mol. The van der Waals surface area contributed by atoms with Gasteiger partial charge in [0.05, 0.1) is 11.1 Å². The lowest BCUT2D eigenvalue weighted by atomic mass is 10.1. The van der Waals surface area contributed by atoms with Crippen molar-refractivity contribution in [2.75, 3.05) is 6.61 Å². The van der Waals surface area contributed by atoms with Crippen molar-refractivity contribution in [3.63, 3.8) is 0 Å². The van der Waals surface area contributed by atoms with Crippen LogP contribution in [0.4, 0.5) is 0 Å². The van der Waals surface area contributed by atoms with E-state index in [2.05, 4.69) is 40.2 Å². The molecule has 0 aromatic heterocycles. The largest absolute Gasteiger partial charge is 0.492 e. The molecule has 0 saturated heterocycles. The predicted octanol–water partition coefficient (Wildman–Crippen LogP) is 3.92. The molecule has 2 aromatic carbocycles. The van der Waals surface area contributed by atoms with Crippen LogP contribution < -0.4 is 10.5 Å². The lowest BCUT2D eigenvalue weighted by Crippen LogP contribution is -2.01. The highest BCUT2D eigenvalue weighted by Gasteiger charge is 2.02. The van der Waals surface area contributed by atoms with E-state index in [0.29, 0.717) is 6.54 Å². The van der Waals surface area contributed by atoms with Gasteiger partial charge in [0.1, 0.15) is 5.75 Å². The third-order valence-corrected chi connectivity index (χ3v) is 3.56. The topological polar surface area (TPSA) is 35.2 Å². The predicted molar refractivity (Wildman–Crippen MR) is 82.3 cm³/mol. The summed E-state index contributed by atoms with van der Waals surface area (Å²) >= 11 is 3.50. The molecule has 2 aromatic rings. The number of hydrogen-bond acceptors (Lipinski definition) is 2. The fraction of sp³-hybridized carbons (Fsp3) is 0.250. The average Bonchev–Trinajstić information content (AvgIpc) is 2.46. The molecule has 0 aliphatic carbocycles. The van der Waals surface area contributed by atoms with E-state index in [1.807, 2.05) is 24.3 Å². The molecule has 100 valence electrons. The Balaban J connectivity index is 1.80. The van der Waals surface area contributed by atoms with Crippen molar-refractivity contribution in [2.45, 2.75) is 19.4 Å². The summed E-state index contributed by atoms with van der Waals surface area (Å²) in [6, 6.07) is 16.4. The van der Waals surface area contributed by atoms with Crippen molar-refractivity contribution in [1.29, 1.82) is 0 Å². The number of rotatable bonds is 6. The second-order valence-corrected chi connectivity index (χ2v) is 5.26. The number of benzene rings is 2. The van der Waals surface area contributed by atoms with Crippen LogP contribution in [-0.4, -0.2) is 6.61 Å². The molecule has 0 amide bonds. The monoisotopic (exact) mass is 319 g/mol. The Morgan fingerprint density at radius 3 is 2.47 bits per heavy atom. The van der Waals surface area contributed by atoms with Gasteiger partial charge in [-0.1, -0.05) is 36.4 Å². The van der Waals surface area contributed by atoms with Crippen LogP contribution in [0, 0.1) is 0 Å². The molecule has 2 rings (SSSR count).